The second kappa shape index (κ2) is 3.66. The summed E-state index contributed by atoms with van der Waals surface area (Å²) in [7, 11) is 1.83. The van der Waals surface area contributed by atoms with Crippen molar-refractivity contribution in [2.75, 3.05) is 30.4 Å². The van der Waals surface area contributed by atoms with Gasteiger partial charge in [0.05, 0.1) is 5.60 Å². The molecule has 0 spiro atoms. The van der Waals surface area contributed by atoms with Crippen molar-refractivity contribution < 1.29 is 5.11 Å². The zero-order valence-electron chi connectivity index (χ0n) is 9.06. The maximum Gasteiger partial charge on any atom is 0.134 e. The molecule has 1 atom stereocenters. The molecule has 0 saturated carbocycles. The normalized spacial score (nSPS) is 25.7. The van der Waals surface area contributed by atoms with Crippen molar-refractivity contribution in [3.63, 3.8) is 0 Å². The second-order valence-corrected chi connectivity index (χ2v) is 4.18. The number of nitrogens with zero attached hydrogens (tertiary/aromatic N) is 3. The van der Waals surface area contributed by atoms with Gasteiger partial charge >= 0.3 is 0 Å². The van der Waals surface area contributed by atoms with Gasteiger partial charge in [-0.2, -0.15) is 0 Å². The van der Waals surface area contributed by atoms with Crippen LogP contribution in [-0.4, -0.2) is 40.8 Å². The fourth-order valence-corrected chi connectivity index (χ4v) is 1.80. The van der Waals surface area contributed by atoms with E-state index >= 15 is 0 Å². The van der Waals surface area contributed by atoms with E-state index in [1.807, 2.05) is 20.0 Å². The predicted molar refractivity (Wildman–Crippen MR) is 59.0 cm³/mol. The summed E-state index contributed by atoms with van der Waals surface area (Å²) < 4.78 is 0. The molecule has 0 amide bonds. The standard InChI is InChI=1S/C10H16N4O/c1-10(15)3-4-14(6-10)9-5-8(11-2)12-7-13-9/h5,7,15H,3-4,6H2,1-2H3,(H,11,12,13). The van der Waals surface area contributed by atoms with Gasteiger partial charge in [0.25, 0.3) is 0 Å². The van der Waals surface area contributed by atoms with Crippen molar-refractivity contribution in [3.8, 4) is 0 Å². The summed E-state index contributed by atoms with van der Waals surface area (Å²) in [6.45, 7) is 3.33. The second-order valence-electron chi connectivity index (χ2n) is 4.18. The molecule has 0 aliphatic carbocycles. The minimum Gasteiger partial charge on any atom is -0.388 e. The smallest absolute Gasteiger partial charge is 0.134 e. The number of β-amino-alcohol motifs (C(OH)–C–C–N with tert-alkyl or cyclic N) is 1. The SMILES string of the molecule is CNc1cc(N2CCC(C)(O)C2)ncn1. The first-order chi connectivity index (χ1) is 7.11. The monoisotopic (exact) mass is 208 g/mol. The number of hydrogen-bond acceptors (Lipinski definition) is 5. The zero-order chi connectivity index (χ0) is 10.9. The highest BCUT2D eigenvalue weighted by molar-refractivity contribution is 5.49. The lowest BCUT2D eigenvalue weighted by atomic mass is 10.1. The molecule has 2 rings (SSSR count). The van der Waals surface area contributed by atoms with E-state index in [-0.39, 0.29) is 0 Å². The molecule has 1 fully saturated rings. The highest BCUT2D eigenvalue weighted by Crippen LogP contribution is 2.25. The molecule has 2 heterocycles. The molecule has 0 radical (unpaired) electrons. The Labute approximate surface area is 89.2 Å². The van der Waals surface area contributed by atoms with Gasteiger partial charge in [-0.15, -0.1) is 0 Å². The molecule has 5 heteroatoms. The summed E-state index contributed by atoms with van der Waals surface area (Å²) in [5, 5.41) is 12.8. The molecule has 1 saturated heterocycles. The number of aromatic nitrogens is 2. The van der Waals surface area contributed by atoms with Crippen molar-refractivity contribution in [3.05, 3.63) is 12.4 Å². The Kier molecular flexibility index (Phi) is 2.48. The first-order valence-corrected chi connectivity index (χ1v) is 5.08. The highest BCUT2D eigenvalue weighted by atomic mass is 16.3. The Hall–Kier alpha value is -1.36. The molecule has 1 unspecified atom stereocenters. The van der Waals surface area contributed by atoms with Crippen LogP contribution >= 0.6 is 0 Å². The van der Waals surface area contributed by atoms with E-state index in [1.165, 1.54) is 6.33 Å². The van der Waals surface area contributed by atoms with E-state index in [0.29, 0.717) is 6.54 Å². The van der Waals surface area contributed by atoms with Gasteiger partial charge in [-0.3, -0.25) is 0 Å². The van der Waals surface area contributed by atoms with Gasteiger partial charge in [-0.25, -0.2) is 9.97 Å². The first-order valence-electron chi connectivity index (χ1n) is 5.08. The Bertz CT molecular complexity index is 353. The van der Waals surface area contributed by atoms with Crippen LogP contribution in [0.4, 0.5) is 11.6 Å². The van der Waals surface area contributed by atoms with Gasteiger partial charge < -0.3 is 15.3 Å². The average Bonchev–Trinajstić information content (AvgIpc) is 2.59. The van der Waals surface area contributed by atoms with Crippen molar-refractivity contribution in [1.82, 2.24) is 9.97 Å². The Morgan fingerprint density at radius 2 is 2.33 bits per heavy atom. The molecule has 1 aliphatic heterocycles. The topological polar surface area (TPSA) is 61.3 Å². The van der Waals surface area contributed by atoms with Crippen LogP contribution in [0.3, 0.4) is 0 Å². The third kappa shape index (κ3) is 2.18. The van der Waals surface area contributed by atoms with E-state index in [1.54, 1.807) is 0 Å². The predicted octanol–water partition coefficient (Wildman–Crippen LogP) is 0.479. The van der Waals surface area contributed by atoms with E-state index in [9.17, 15) is 5.11 Å². The molecule has 5 nitrogen and oxygen atoms in total. The molecular formula is C10H16N4O. The van der Waals surface area contributed by atoms with Crippen LogP contribution in [0.25, 0.3) is 0 Å². The molecular weight excluding hydrogens is 192 g/mol. The molecule has 1 aromatic heterocycles. The average molecular weight is 208 g/mol. The van der Waals surface area contributed by atoms with Crippen molar-refractivity contribution in [1.29, 1.82) is 0 Å². The number of anilines is 2. The van der Waals surface area contributed by atoms with Crippen molar-refractivity contribution in [2.45, 2.75) is 18.9 Å². The summed E-state index contributed by atoms with van der Waals surface area (Å²) in [6.07, 6.45) is 2.32. The van der Waals surface area contributed by atoms with Gasteiger partial charge in [0.15, 0.2) is 0 Å². The molecule has 1 aliphatic rings. The molecule has 0 bridgehead atoms. The van der Waals surface area contributed by atoms with E-state index in [4.69, 9.17) is 0 Å². The Balaban J connectivity index is 2.16. The molecule has 0 aromatic carbocycles. The van der Waals surface area contributed by atoms with Gasteiger partial charge in [0.1, 0.15) is 18.0 Å². The van der Waals surface area contributed by atoms with Crippen LogP contribution < -0.4 is 10.2 Å². The number of rotatable bonds is 2. The van der Waals surface area contributed by atoms with E-state index in [0.717, 1.165) is 24.6 Å². The maximum absolute atomic E-state index is 9.85. The molecule has 1 aromatic rings. The molecule has 15 heavy (non-hydrogen) atoms. The van der Waals surface area contributed by atoms with Crippen LogP contribution in [-0.2, 0) is 0 Å². The first kappa shape index (κ1) is 10.2. The quantitative estimate of drug-likeness (QED) is 0.740. The summed E-state index contributed by atoms with van der Waals surface area (Å²) in [5.41, 5.74) is -0.593. The number of aliphatic hydroxyl groups is 1. The summed E-state index contributed by atoms with van der Waals surface area (Å²) in [5.74, 6) is 1.67. The largest absolute Gasteiger partial charge is 0.388 e. The van der Waals surface area contributed by atoms with Gasteiger partial charge in [0, 0.05) is 26.2 Å². The summed E-state index contributed by atoms with van der Waals surface area (Å²) in [4.78, 5) is 10.3. The van der Waals surface area contributed by atoms with E-state index in [2.05, 4.69) is 20.2 Å². The number of hydrogen-bond donors (Lipinski definition) is 2. The zero-order valence-corrected chi connectivity index (χ0v) is 9.06. The van der Waals surface area contributed by atoms with Gasteiger partial charge in [-0.1, -0.05) is 0 Å². The third-order valence-corrected chi connectivity index (χ3v) is 2.68. The minimum absolute atomic E-state index is 0.593. The van der Waals surface area contributed by atoms with Gasteiger partial charge in [-0.05, 0) is 13.3 Å². The fraction of sp³-hybridized carbons (Fsp3) is 0.600. The Morgan fingerprint density at radius 1 is 1.53 bits per heavy atom. The Morgan fingerprint density at radius 3 is 2.93 bits per heavy atom. The number of nitrogens with one attached hydrogen (secondary N) is 1. The lowest BCUT2D eigenvalue weighted by molar-refractivity contribution is 0.0839. The van der Waals surface area contributed by atoms with Crippen LogP contribution in [0.5, 0.6) is 0 Å². The van der Waals surface area contributed by atoms with Crippen LogP contribution in [0.1, 0.15) is 13.3 Å². The summed E-state index contributed by atoms with van der Waals surface area (Å²) >= 11 is 0. The summed E-state index contributed by atoms with van der Waals surface area (Å²) in [6, 6.07) is 1.89. The maximum atomic E-state index is 9.85. The third-order valence-electron chi connectivity index (χ3n) is 2.68. The molecule has 2 N–H and O–H groups in total. The lowest BCUT2D eigenvalue weighted by Gasteiger charge is -2.19. The lowest BCUT2D eigenvalue weighted by Crippen LogP contribution is -2.30. The fourth-order valence-electron chi connectivity index (χ4n) is 1.80. The molecule has 82 valence electrons. The van der Waals surface area contributed by atoms with Crippen LogP contribution in [0.15, 0.2) is 12.4 Å². The van der Waals surface area contributed by atoms with Crippen molar-refractivity contribution in [2.24, 2.45) is 0 Å². The van der Waals surface area contributed by atoms with Crippen LogP contribution in [0, 0.1) is 0 Å². The van der Waals surface area contributed by atoms with E-state index < -0.39 is 5.60 Å². The minimum atomic E-state index is -0.593. The van der Waals surface area contributed by atoms with Crippen LogP contribution in [0.2, 0.25) is 0 Å². The van der Waals surface area contributed by atoms with Gasteiger partial charge in [0.2, 0.25) is 0 Å². The highest BCUT2D eigenvalue weighted by Gasteiger charge is 2.31. The van der Waals surface area contributed by atoms with Crippen molar-refractivity contribution >= 4 is 11.6 Å².